The molecule has 0 amide bonds. The molecule has 112 valence electrons. The zero-order chi connectivity index (χ0) is 15.2. The molecule has 0 aliphatic carbocycles. The average molecular weight is 286 g/mol. The molecular formula is C17H22N2O2. The van der Waals surface area contributed by atoms with Crippen LogP contribution < -0.4 is 4.74 Å². The van der Waals surface area contributed by atoms with Gasteiger partial charge in [0.1, 0.15) is 5.75 Å². The van der Waals surface area contributed by atoms with Crippen molar-refractivity contribution in [1.82, 2.24) is 9.78 Å². The number of ether oxygens (including phenoxy) is 1. The Hall–Kier alpha value is -2.10. The number of rotatable bonds is 7. The Balaban J connectivity index is 2.13. The van der Waals surface area contributed by atoms with Gasteiger partial charge in [-0.2, -0.15) is 5.10 Å². The molecule has 21 heavy (non-hydrogen) atoms. The third-order valence-corrected chi connectivity index (χ3v) is 3.53. The van der Waals surface area contributed by atoms with E-state index in [1.54, 1.807) is 6.07 Å². The number of hydrogen-bond acceptors (Lipinski definition) is 3. The van der Waals surface area contributed by atoms with Gasteiger partial charge in [-0.15, -0.1) is 0 Å². The zero-order valence-corrected chi connectivity index (χ0v) is 12.9. The van der Waals surface area contributed by atoms with Crippen molar-refractivity contribution < 1.29 is 9.53 Å². The molecule has 2 aromatic rings. The maximum atomic E-state index is 12.4. The predicted molar refractivity (Wildman–Crippen MR) is 82.9 cm³/mol. The van der Waals surface area contributed by atoms with Crippen LogP contribution in [0.1, 0.15) is 49.3 Å². The van der Waals surface area contributed by atoms with Gasteiger partial charge in [0, 0.05) is 12.2 Å². The van der Waals surface area contributed by atoms with E-state index in [0.717, 1.165) is 12.1 Å². The van der Waals surface area contributed by atoms with E-state index in [-0.39, 0.29) is 5.78 Å². The summed E-state index contributed by atoms with van der Waals surface area (Å²) in [5, 5.41) is 4.48. The summed E-state index contributed by atoms with van der Waals surface area (Å²) in [4.78, 5) is 12.4. The van der Waals surface area contributed by atoms with Gasteiger partial charge in [-0.05, 0) is 38.5 Å². The number of benzene rings is 1. The lowest BCUT2D eigenvalue weighted by molar-refractivity contribution is 0.0988. The smallest absolute Gasteiger partial charge is 0.172 e. The number of carbonyl (C=O) groups is 1. The van der Waals surface area contributed by atoms with Crippen molar-refractivity contribution in [3.63, 3.8) is 0 Å². The predicted octanol–water partition coefficient (Wildman–Crippen LogP) is 3.68. The third kappa shape index (κ3) is 3.72. The molecule has 0 N–H and O–H groups in total. The van der Waals surface area contributed by atoms with Crippen molar-refractivity contribution in [3.8, 4) is 5.75 Å². The Morgan fingerprint density at radius 1 is 1.29 bits per heavy atom. The first-order valence-corrected chi connectivity index (χ1v) is 7.44. The van der Waals surface area contributed by atoms with Crippen molar-refractivity contribution >= 4 is 5.78 Å². The molecular weight excluding hydrogens is 264 g/mol. The lowest BCUT2D eigenvalue weighted by Crippen LogP contribution is -2.09. The van der Waals surface area contributed by atoms with E-state index in [1.807, 2.05) is 42.1 Å². The van der Waals surface area contributed by atoms with E-state index in [9.17, 15) is 4.79 Å². The van der Waals surface area contributed by atoms with Gasteiger partial charge in [0.2, 0.25) is 0 Å². The highest BCUT2D eigenvalue weighted by Crippen LogP contribution is 2.20. The van der Waals surface area contributed by atoms with E-state index in [1.165, 1.54) is 0 Å². The first-order valence-electron chi connectivity index (χ1n) is 7.44. The van der Waals surface area contributed by atoms with Crippen LogP contribution in [0, 0.1) is 0 Å². The van der Waals surface area contributed by atoms with Gasteiger partial charge in [0.25, 0.3) is 0 Å². The monoisotopic (exact) mass is 286 g/mol. The molecule has 1 heterocycles. The van der Waals surface area contributed by atoms with Crippen molar-refractivity contribution in [2.24, 2.45) is 0 Å². The van der Waals surface area contributed by atoms with E-state index >= 15 is 0 Å². The number of nitrogens with zero attached hydrogens (tertiary/aromatic N) is 2. The number of Topliss-reactive ketones (excluding diaryl/α,β-unsaturated/α-hetero) is 1. The van der Waals surface area contributed by atoms with Crippen molar-refractivity contribution in [1.29, 1.82) is 0 Å². The Morgan fingerprint density at radius 3 is 2.76 bits per heavy atom. The molecule has 0 aliphatic heterocycles. The summed E-state index contributed by atoms with van der Waals surface area (Å²) in [6, 6.07) is 9.62. The van der Waals surface area contributed by atoms with Crippen LogP contribution in [0.2, 0.25) is 0 Å². The standard InChI is InChI=1S/C17H22N2O2/c1-4-13(3)19-11-10-14(18-19)12-16(20)15-8-6-7-9-17(15)21-5-2/h6-11,13H,4-5,12H2,1-3H3. The fourth-order valence-corrected chi connectivity index (χ4v) is 2.14. The highest BCUT2D eigenvalue weighted by molar-refractivity contribution is 5.99. The Labute approximate surface area is 125 Å². The summed E-state index contributed by atoms with van der Waals surface area (Å²) in [6.45, 7) is 6.69. The molecule has 2 rings (SSSR count). The minimum absolute atomic E-state index is 0.0356. The van der Waals surface area contributed by atoms with Gasteiger partial charge in [-0.3, -0.25) is 9.48 Å². The summed E-state index contributed by atoms with van der Waals surface area (Å²) < 4.78 is 7.42. The van der Waals surface area contributed by atoms with E-state index < -0.39 is 0 Å². The molecule has 0 aliphatic rings. The first-order chi connectivity index (χ1) is 10.2. The highest BCUT2D eigenvalue weighted by atomic mass is 16.5. The quantitative estimate of drug-likeness (QED) is 0.729. The number of aromatic nitrogens is 2. The van der Waals surface area contributed by atoms with Crippen LogP contribution in [0.3, 0.4) is 0 Å². The Kier molecular flexibility index (Phi) is 5.14. The number of ketones is 1. The fourth-order valence-electron chi connectivity index (χ4n) is 2.14. The summed E-state index contributed by atoms with van der Waals surface area (Å²) in [5.74, 6) is 0.680. The van der Waals surface area contributed by atoms with Gasteiger partial charge < -0.3 is 4.74 Å². The summed E-state index contributed by atoms with van der Waals surface area (Å²) >= 11 is 0. The normalized spacial score (nSPS) is 12.1. The largest absolute Gasteiger partial charge is 0.493 e. The van der Waals surface area contributed by atoms with Crippen LogP contribution in [0.5, 0.6) is 5.75 Å². The van der Waals surface area contributed by atoms with Crippen LogP contribution in [-0.2, 0) is 6.42 Å². The molecule has 0 spiro atoms. The van der Waals surface area contributed by atoms with Gasteiger partial charge in [-0.25, -0.2) is 0 Å². The van der Waals surface area contributed by atoms with Crippen LogP contribution >= 0.6 is 0 Å². The van der Waals surface area contributed by atoms with E-state index in [2.05, 4.69) is 18.9 Å². The second kappa shape index (κ2) is 7.07. The van der Waals surface area contributed by atoms with Crippen LogP contribution in [0.4, 0.5) is 0 Å². The van der Waals surface area contributed by atoms with Gasteiger partial charge in [0.05, 0.1) is 24.3 Å². The molecule has 1 unspecified atom stereocenters. The zero-order valence-electron chi connectivity index (χ0n) is 12.9. The molecule has 4 heteroatoms. The number of para-hydroxylation sites is 1. The van der Waals surface area contributed by atoms with Gasteiger partial charge >= 0.3 is 0 Å². The van der Waals surface area contributed by atoms with Crippen molar-refractivity contribution in [2.45, 2.75) is 39.7 Å². The molecule has 1 aromatic heterocycles. The minimum atomic E-state index is 0.0356. The van der Waals surface area contributed by atoms with Gasteiger partial charge in [-0.1, -0.05) is 19.1 Å². The Bertz CT molecular complexity index is 604. The molecule has 0 radical (unpaired) electrons. The third-order valence-electron chi connectivity index (χ3n) is 3.53. The fraction of sp³-hybridized carbons (Fsp3) is 0.412. The molecule has 1 aromatic carbocycles. The van der Waals surface area contributed by atoms with E-state index in [4.69, 9.17) is 4.74 Å². The maximum Gasteiger partial charge on any atom is 0.172 e. The minimum Gasteiger partial charge on any atom is -0.493 e. The highest BCUT2D eigenvalue weighted by Gasteiger charge is 2.14. The summed E-state index contributed by atoms with van der Waals surface area (Å²) in [7, 11) is 0. The van der Waals surface area contributed by atoms with Crippen LogP contribution in [-0.4, -0.2) is 22.2 Å². The second-order valence-electron chi connectivity index (χ2n) is 5.07. The second-order valence-corrected chi connectivity index (χ2v) is 5.07. The number of carbonyl (C=O) groups excluding carboxylic acids is 1. The summed E-state index contributed by atoms with van der Waals surface area (Å²) in [5.41, 5.74) is 1.42. The topological polar surface area (TPSA) is 44.1 Å². The SMILES string of the molecule is CCOc1ccccc1C(=O)Cc1ccn(C(C)CC)n1. The molecule has 1 atom stereocenters. The number of hydrogen-bond donors (Lipinski definition) is 0. The lowest BCUT2D eigenvalue weighted by atomic mass is 10.1. The molecule has 0 bridgehead atoms. The Morgan fingerprint density at radius 2 is 2.05 bits per heavy atom. The molecule has 4 nitrogen and oxygen atoms in total. The lowest BCUT2D eigenvalue weighted by Gasteiger charge is -2.09. The van der Waals surface area contributed by atoms with Crippen molar-refractivity contribution in [3.05, 3.63) is 47.8 Å². The first kappa shape index (κ1) is 15.3. The molecule has 0 saturated heterocycles. The van der Waals surface area contributed by atoms with Gasteiger partial charge in [0.15, 0.2) is 5.78 Å². The maximum absolute atomic E-state index is 12.4. The average Bonchev–Trinajstić information content (AvgIpc) is 2.95. The molecule has 0 fully saturated rings. The molecule has 0 saturated carbocycles. The van der Waals surface area contributed by atoms with E-state index in [0.29, 0.717) is 30.4 Å². The van der Waals surface area contributed by atoms with Crippen molar-refractivity contribution in [2.75, 3.05) is 6.61 Å². The summed E-state index contributed by atoms with van der Waals surface area (Å²) in [6.07, 6.45) is 3.25. The van der Waals surface area contributed by atoms with Crippen LogP contribution in [0.15, 0.2) is 36.5 Å². The van der Waals surface area contributed by atoms with Crippen LogP contribution in [0.25, 0.3) is 0 Å².